The number of amides is 1. The molecule has 1 aliphatic carbocycles. The Morgan fingerprint density at radius 3 is 1.77 bits per heavy atom. The largest absolute Gasteiger partial charge is 0.402 e. The minimum Gasteiger partial charge on any atom is -0.402 e. The summed E-state index contributed by atoms with van der Waals surface area (Å²) in [7, 11) is -2.97. The molecule has 1 spiro atoms. The SMILES string of the molecule is C[C@H]1[C@@H](O[Si](c2ccccc2)(c2ccccc2)C(C)(C)C)CC(=O)C2(CCC(=O)CC2)N1C(=O)c1ccccc1. The summed E-state index contributed by atoms with van der Waals surface area (Å²) in [5, 5.41) is 2.01. The Bertz CT molecular complexity index is 1320. The second-order valence-corrected chi connectivity index (χ2v) is 16.6. The first kappa shape index (κ1) is 28.2. The number of ketones is 2. The number of nitrogens with zero attached hydrogens (tertiary/aromatic N) is 1. The third kappa shape index (κ3) is 4.77. The molecule has 208 valence electrons. The van der Waals surface area contributed by atoms with Crippen molar-refractivity contribution in [3.63, 3.8) is 0 Å². The first-order chi connectivity index (χ1) is 19.1. The van der Waals surface area contributed by atoms with Crippen LogP contribution in [0.2, 0.25) is 5.04 Å². The van der Waals surface area contributed by atoms with Gasteiger partial charge < -0.3 is 9.33 Å². The highest BCUT2D eigenvalue weighted by Gasteiger charge is 2.58. The topological polar surface area (TPSA) is 63.7 Å². The molecule has 5 rings (SSSR count). The van der Waals surface area contributed by atoms with Gasteiger partial charge in [-0.25, -0.2) is 0 Å². The second kappa shape index (κ2) is 10.9. The van der Waals surface area contributed by atoms with Gasteiger partial charge in [0.05, 0.1) is 12.1 Å². The summed E-state index contributed by atoms with van der Waals surface area (Å²) < 4.78 is 7.43. The van der Waals surface area contributed by atoms with Crippen molar-refractivity contribution in [2.24, 2.45) is 0 Å². The van der Waals surface area contributed by atoms with Crippen LogP contribution in [0.25, 0.3) is 0 Å². The molecule has 3 aromatic rings. The average molecular weight is 554 g/mol. The maximum atomic E-state index is 14.2. The van der Waals surface area contributed by atoms with Crippen LogP contribution in [0.3, 0.4) is 0 Å². The first-order valence-corrected chi connectivity index (χ1v) is 16.2. The van der Waals surface area contributed by atoms with Gasteiger partial charge in [0.1, 0.15) is 11.3 Å². The molecule has 1 amide bonds. The summed E-state index contributed by atoms with van der Waals surface area (Å²) in [4.78, 5) is 42.5. The number of piperidine rings is 1. The molecule has 1 aliphatic heterocycles. The Hall–Kier alpha value is -3.35. The van der Waals surface area contributed by atoms with Crippen molar-refractivity contribution in [3.05, 3.63) is 96.6 Å². The summed E-state index contributed by atoms with van der Waals surface area (Å²) in [5.41, 5.74) is -0.435. The van der Waals surface area contributed by atoms with Gasteiger partial charge in [-0.2, -0.15) is 0 Å². The Morgan fingerprint density at radius 1 is 0.825 bits per heavy atom. The molecule has 1 saturated carbocycles. The zero-order valence-electron chi connectivity index (χ0n) is 23.9. The molecule has 3 aromatic carbocycles. The third-order valence-corrected chi connectivity index (χ3v) is 14.0. The van der Waals surface area contributed by atoms with Gasteiger partial charge in [0.2, 0.25) is 0 Å². The molecule has 0 N–H and O–H groups in total. The monoisotopic (exact) mass is 553 g/mol. The number of likely N-dealkylation sites (tertiary alicyclic amines) is 1. The summed E-state index contributed by atoms with van der Waals surface area (Å²) >= 11 is 0. The van der Waals surface area contributed by atoms with Crippen molar-refractivity contribution in [3.8, 4) is 0 Å². The minimum atomic E-state index is -2.97. The number of carbonyl (C=O) groups excluding carboxylic acids is 3. The molecule has 0 radical (unpaired) electrons. The fourth-order valence-corrected chi connectivity index (χ4v) is 11.6. The van der Waals surface area contributed by atoms with Gasteiger partial charge in [-0.1, -0.05) is 99.6 Å². The Kier molecular flexibility index (Phi) is 7.68. The Labute approximate surface area is 238 Å². The van der Waals surface area contributed by atoms with Gasteiger partial charge >= 0.3 is 0 Å². The number of rotatable bonds is 5. The maximum absolute atomic E-state index is 14.2. The van der Waals surface area contributed by atoms with Crippen LogP contribution in [-0.2, 0) is 14.0 Å². The molecule has 1 saturated heterocycles. The zero-order chi connectivity index (χ0) is 28.5. The molecule has 2 aliphatic rings. The number of Topliss-reactive ketones (excluding diaryl/α,β-unsaturated/α-hetero) is 2. The standard InChI is InChI=1S/C34H39NO4Si/c1-25-30(39-40(33(2,3)4,28-16-10-6-11-17-28)29-18-12-7-13-19-29)24-31(37)34(22-20-27(36)21-23-34)35(25)32(38)26-14-8-5-9-15-26/h5-19,25,30H,20-24H2,1-4H3/t25-,30-/m0/s1. The van der Waals surface area contributed by atoms with Crippen LogP contribution in [0, 0.1) is 0 Å². The van der Waals surface area contributed by atoms with Crippen LogP contribution in [0.5, 0.6) is 0 Å². The highest BCUT2D eigenvalue weighted by atomic mass is 28.4. The molecule has 40 heavy (non-hydrogen) atoms. The zero-order valence-corrected chi connectivity index (χ0v) is 24.9. The van der Waals surface area contributed by atoms with Gasteiger partial charge in [-0.3, -0.25) is 14.4 Å². The number of hydrogen-bond acceptors (Lipinski definition) is 4. The minimum absolute atomic E-state index is 0.00492. The van der Waals surface area contributed by atoms with Crippen molar-refractivity contribution < 1.29 is 18.8 Å². The molecule has 2 fully saturated rings. The molecular formula is C34H39NO4Si. The van der Waals surface area contributed by atoms with E-state index in [1.165, 1.54) is 0 Å². The van der Waals surface area contributed by atoms with E-state index in [9.17, 15) is 14.4 Å². The number of hydrogen-bond donors (Lipinski definition) is 0. The van der Waals surface area contributed by atoms with E-state index in [1.807, 2.05) is 61.5 Å². The van der Waals surface area contributed by atoms with E-state index in [0.717, 1.165) is 10.4 Å². The molecule has 6 heteroatoms. The van der Waals surface area contributed by atoms with Crippen LogP contribution < -0.4 is 10.4 Å². The van der Waals surface area contributed by atoms with Crippen LogP contribution in [-0.4, -0.2) is 48.4 Å². The van der Waals surface area contributed by atoms with Gasteiger partial charge in [-0.05, 0) is 47.3 Å². The van der Waals surface area contributed by atoms with Crippen molar-refractivity contribution in [1.29, 1.82) is 0 Å². The van der Waals surface area contributed by atoms with Crippen LogP contribution in [0.1, 0.15) is 70.2 Å². The fraction of sp³-hybridized carbons (Fsp3) is 0.382. The normalized spacial score (nSPS) is 21.4. The van der Waals surface area contributed by atoms with E-state index in [0.29, 0.717) is 31.2 Å². The Balaban J connectivity index is 1.63. The summed E-state index contributed by atoms with van der Waals surface area (Å²) in [5.74, 6) is -0.0132. The number of carbonyl (C=O) groups is 3. The quantitative estimate of drug-likeness (QED) is 0.402. The van der Waals surface area contributed by atoms with E-state index in [1.54, 1.807) is 17.0 Å². The van der Waals surface area contributed by atoms with E-state index in [-0.39, 0.29) is 35.0 Å². The molecule has 0 unspecified atom stereocenters. The molecule has 5 nitrogen and oxygen atoms in total. The highest BCUT2D eigenvalue weighted by molar-refractivity contribution is 6.99. The van der Waals surface area contributed by atoms with Crippen molar-refractivity contribution in [2.75, 3.05) is 0 Å². The first-order valence-electron chi connectivity index (χ1n) is 14.3. The lowest BCUT2D eigenvalue weighted by Crippen LogP contribution is -2.73. The van der Waals surface area contributed by atoms with Gasteiger partial charge in [0.15, 0.2) is 5.78 Å². The van der Waals surface area contributed by atoms with Gasteiger partial charge in [0, 0.05) is 24.8 Å². The van der Waals surface area contributed by atoms with Crippen LogP contribution >= 0.6 is 0 Å². The summed E-state index contributed by atoms with van der Waals surface area (Å²) in [6, 6.07) is 29.6. The summed E-state index contributed by atoms with van der Waals surface area (Å²) in [6.45, 7) is 8.68. The number of benzene rings is 3. The predicted octanol–water partition coefficient (Wildman–Crippen LogP) is 5.32. The Morgan fingerprint density at radius 2 is 1.30 bits per heavy atom. The van der Waals surface area contributed by atoms with Crippen molar-refractivity contribution in [2.45, 2.75) is 82.5 Å². The lowest BCUT2D eigenvalue weighted by atomic mass is 9.71. The lowest BCUT2D eigenvalue weighted by Gasteiger charge is -2.55. The molecule has 2 atom stereocenters. The van der Waals surface area contributed by atoms with Gasteiger partial charge in [0.25, 0.3) is 14.2 Å². The van der Waals surface area contributed by atoms with E-state index in [2.05, 4.69) is 45.0 Å². The molecule has 0 aromatic heterocycles. The summed E-state index contributed by atoms with van der Waals surface area (Å²) in [6.07, 6.45) is 1.11. The van der Waals surface area contributed by atoms with Crippen LogP contribution in [0.15, 0.2) is 91.0 Å². The van der Waals surface area contributed by atoms with Crippen LogP contribution in [0.4, 0.5) is 0 Å². The lowest BCUT2D eigenvalue weighted by molar-refractivity contribution is -0.146. The van der Waals surface area contributed by atoms with E-state index in [4.69, 9.17) is 4.43 Å². The van der Waals surface area contributed by atoms with Crippen molar-refractivity contribution in [1.82, 2.24) is 4.90 Å². The maximum Gasteiger partial charge on any atom is 0.261 e. The molecule has 1 heterocycles. The molecular weight excluding hydrogens is 514 g/mol. The second-order valence-electron chi connectivity index (χ2n) is 12.3. The van der Waals surface area contributed by atoms with Crippen molar-refractivity contribution >= 4 is 36.2 Å². The van der Waals surface area contributed by atoms with Gasteiger partial charge in [-0.15, -0.1) is 0 Å². The third-order valence-electron chi connectivity index (χ3n) is 8.93. The van der Waals surface area contributed by atoms with E-state index >= 15 is 0 Å². The van der Waals surface area contributed by atoms with E-state index < -0.39 is 20.0 Å². The highest BCUT2D eigenvalue weighted by Crippen LogP contribution is 2.44. The predicted molar refractivity (Wildman–Crippen MR) is 160 cm³/mol. The fourth-order valence-electron chi connectivity index (χ4n) is 6.85. The average Bonchev–Trinajstić information content (AvgIpc) is 2.96. The smallest absolute Gasteiger partial charge is 0.261 e. The molecule has 0 bridgehead atoms.